The second kappa shape index (κ2) is 7.50. The molecule has 0 spiro atoms. The Balaban J connectivity index is 1.86. The third-order valence-corrected chi connectivity index (χ3v) is 3.36. The molecule has 2 aromatic rings. The van der Waals surface area contributed by atoms with Crippen LogP contribution in [0.5, 0.6) is 11.5 Å². The Morgan fingerprint density at radius 3 is 2.38 bits per heavy atom. The molecule has 126 valence electrons. The van der Waals surface area contributed by atoms with Crippen LogP contribution in [-0.2, 0) is 4.79 Å². The largest absolute Gasteiger partial charge is 0.507 e. The van der Waals surface area contributed by atoms with Crippen LogP contribution in [0.1, 0.15) is 27.0 Å². The average molecular weight is 328 g/mol. The lowest BCUT2D eigenvalue weighted by atomic mass is 10.1. The van der Waals surface area contributed by atoms with Crippen molar-refractivity contribution in [1.82, 2.24) is 10.9 Å². The van der Waals surface area contributed by atoms with E-state index in [0.29, 0.717) is 11.3 Å². The van der Waals surface area contributed by atoms with Gasteiger partial charge in [-0.1, -0.05) is 18.2 Å². The highest BCUT2D eigenvalue weighted by Gasteiger charge is 2.13. The van der Waals surface area contributed by atoms with Gasteiger partial charge in [-0.15, -0.1) is 0 Å². The fourth-order valence-electron chi connectivity index (χ4n) is 2.24. The van der Waals surface area contributed by atoms with Crippen molar-refractivity contribution in [2.45, 2.75) is 20.8 Å². The first kappa shape index (κ1) is 17.3. The SMILES string of the molecule is Cc1cc(C)cc(OCC(=O)NNC(=O)c2cccc(C)c2O)c1. The second-order valence-corrected chi connectivity index (χ2v) is 5.59. The van der Waals surface area contributed by atoms with E-state index in [1.807, 2.05) is 32.0 Å². The Morgan fingerprint density at radius 1 is 1.04 bits per heavy atom. The van der Waals surface area contributed by atoms with E-state index < -0.39 is 11.8 Å². The van der Waals surface area contributed by atoms with Crippen LogP contribution >= 0.6 is 0 Å². The predicted molar refractivity (Wildman–Crippen MR) is 89.9 cm³/mol. The number of amides is 2. The molecular weight excluding hydrogens is 308 g/mol. The molecule has 0 aliphatic heterocycles. The van der Waals surface area contributed by atoms with Gasteiger partial charge in [-0.25, -0.2) is 0 Å². The molecule has 2 aromatic carbocycles. The molecular formula is C18H20N2O4. The summed E-state index contributed by atoms with van der Waals surface area (Å²) in [7, 11) is 0. The monoisotopic (exact) mass is 328 g/mol. The van der Waals surface area contributed by atoms with Gasteiger partial charge in [0.25, 0.3) is 11.8 Å². The van der Waals surface area contributed by atoms with Crippen LogP contribution in [0, 0.1) is 20.8 Å². The Morgan fingerprint density at radius 2 is 1.71 bits per heavy atom. The van der Waals surface area contributed by atoms with Crippen molar-refractivity contribution in [3.05, 3.63) is 58.7 Å². The number of rotatable bonds is 4. The number of benzene rings is 2. The number of nitrogens with one attached hydrogen (secondary N) is 2. The number of carbonyl (C=O) groups excluding carboxylic acids is 2. The summed E-state index contributed by atoms with van der Waals surface area (Å²) in [5, 5.41) is 9.84. The molecule has 0 fully saturated rings. The number of aromatic hydroxyl groups is 1. The van der Waals surface area contributed by atoms with Crippen LogP contribution in [0.2, 0.25) is 0 Å². The smallest absolute Gasteiger partial charge is 0.276 e. The van der Waals surface area contributed by atoms with Crippen molar-refractivity contribution in [2.75, 3.05) is 6.61 Å². The Labute approximate surface area is 140 Å². The molecule has 2 amide bonds. The van der Waals surface area contributed by atoms with Crippen molar-refractivity contribution in [2.24, 2.45) is 0 Å². The van der Waals surface area contributed by atoms with Crippen molar-refractivity contribution in [1.29, 1.82) is 0 Å². The number of ether oxygens (including phenoxy) is 1. The average Bonchev–Trinajstić information content (AvgIpc) is 2.52. The molecule has 0 bridgehead atoms. The summed E-state index contributed by atoms with van der Waals surface area (Å²) in [6, 6.07) is 10.4. The van der Waals surface area contributed by atoms with Gasteiger partial charge in [0.15, 0.2) is 6.61 Å². The third kappa shape index (κ3) is 4.49. The van der Waals surface area contributed by atoms with Gasteiger partial charge in [0.1, 0.15) is 11.5 Å². The normalized spacial score (nSPS) is 10.1. The first-order chi connectivity index (χ1) is 11.4. The number of aryl methyl sites for hydroxylation is 3. The lowest BCUT2D eigenvalue weighted by molar-refractivity contribution is -0.123. The van der Waals surface area contributed by atoms with E-state index in [2.05, 4.69) is 10.9 Å². The predicted octanol–water partition coefficient (Wildman–Crippen LogP) is 2.16. The maximum absolute atomic E-state index is 12.0. The van der Waals surface area contributed by atoms with E-state index in [1.54, 1.807) is 19.1 Å². The molecule has 0 atom stereocenters. The van der Waals surface area contributed by atoms with E-state index in [0.717, 1.165) is 11.1 Å². The summed E-state index contributed by atoms with van der Waals surface area (Å²) in [4.78, 5) is 23.7. The first-order valence-electron chi connectivity index (χ1n) is 7.45. The maximum atomic E-state index is 12.0. The Hall–Kier alpha value is -3.02. The minimum Gasteiger partial charge on any atom is -0.507 e. The van der Waals surface area contributed by atoms with E-state index in [9.17, 15) is 14.7 Å². The molecule has 6 heteroatoms. The number of hydrazine groups is 1. The van der Waals surface area contributed by atoms with Crippen LogP contribution in [0.3, 0.4) is 0 Å². The van der Waals surface area contributed by atoms with Gasteiger partial charge in [-0.05, 0) is 55.7 Å². The zero-order valence-corrected chi connectivity index (χ0v) is 13.8. The molecule has 24 heavy (non-hydrogen) atoms. The maximum Gasteiger partial charge on any atom is 0.276 e. The highest BCUT2D eigenvalue weighted by Crippen LogP contribution is 2.20. The molecule has 0 saturated heterocycles. The van der Waals surface area contributed by atoms with Crippen LogP contribution < -0.4 is 15.6 Å². The fourth-order valence-corrected chi connectivity index (χ4v) is 2.24. The Bertz CT molecular complexity index is 751. The number of phenols is 1. The molecule has 0 unspecified atom stereocenters. The molecule has 3 N–H and O–H groups in total. The molecule has 6 nitrogen and oxygen atoms in total. The van der Waals surface area contributed by atoms with Crippen LogP contribution in [0.25, 0.3) is 0 Å². The van der Waals surface area contributed by atoms with Gasteiger partial charge in [0.2, 0.25) is 0 Å². The summed E-state index contributed by atoms with van der Waals surface area (Å²) in [6.45, 7) is 5.33. The summed E-state index contributed by atoms with van der Waals surface area (Å²) in [5.74, 6) is -0.633. The van der Waals surface area contributed by atoms with Gasteiger partial charge in [0, 0.05) is 0 Å². The Kier molecular flexibility index (Phi) is 5.42. The van der Waals surface area contributed by atoms with Crippen molar-refractivity contribution < 1.29 is 19.4 Å². The van der Waals surface area contributed by atoms with Gasteiger partial charge >= 0.3 is 0 Å². The molecule has 0 radical (unpaired) electrons. The van der Waals surface area contributed by atoms with Gasteiger partial charge in [0.05, 0.1) is 5.56 Å². The van der Waals surface area contributed by atoms with Crippen LogP contribution in [0.15, 0.2) is 36.4 Å². The fraction of sp³-hybridized carbons (Fsp3) is 0.222. The van der Waals surface area contributed by atoms with Crippen LogP contribution in [0.4, 0.5) is 0 Å². The first-order valence-corrected chi connectivity index (χ1v) is 7.45. The number of phenolic OH excluding ortho intramolecular Hbond substituents is 1. The topological polar surface area (TPSA) is 87.7 Å². The van der Waals surface area contributed by atoms with Gasteiger partial charge < -0.3 is 9.84 Å². The van der Waals surface area contributed by atoms with Crippen molar-refractivity contribution in [3.8, 4) is 11.5 Å². The zero-order chi connectivity index (χ0) is 17.7. The number of carbonyl (C=O) groups is 2. The second-order valence-electron chi connectivity index (χ2n) is 5.59. The summed E-state index contributed by atoms with van der Waals surface area (Å²) >= 11 is 0. The van der Waals surface area contributed by atoms with E-state index in [-0.39, 0.29) is 17.9 Å². The molecule has 2 rings (SSSR count). The zero-order valence-electron chi connectivity index (χ0n) is 13.8. The van der Waals surface area contributed by atoms with Crippen LogP contribution in [-0.4, -0.2) is 23.5 Å². The van der Waals surface area contributed by atoms with E-state index >= 15 is 0 Å². The van der Waals surface area contributed by atoms with E-state index in [4.69, 9.17) is 4.74 Å². The van der Waals surface area contributed by atoms with Gasteiger partial charge in [-0.3, -0.25) is 20.4 Å². The van der Waals surface area contributed by atoms with Crippen molar-refractivity contribution in [3.63, 3.8) is 0 Å². The lowest BCUT2D eigenvalue weighted by Crippen LogP contribution is -2.43. The highest BCUT2D eigenvalue weighted by atomic mass is 16.5. The minimum atomic E-state index is -0.601. The molecule has 0 aliphatic carbocycles. The van der Waals surface area contributed by atoms with Gasteiger partial charge in [-0.2, -0.15) is 0 Å². The number of para-hydroxylation sites is 1. The van der Waals surface area contributed by atoms with E-state index in [1.165, 1.54) is 6.07 Å². The lowest BCUT2D eigenvalue weighted by Gasteiger charge is -2.11. The van der Waals surface area contributed by atoms with Crippen molar-refractivity contribution >= 4 is 11.8 Å². The highest BCUT2D eigenvalue weighted by molar-refractivity contribution is 5.98. The number of hydrogen-bond acceptors (Lipinski definition) is 4. The summed E-state index contributed by atoms with van der Waals surface area (Å²) in [5.41, 5.74) is 7.24. The summed E-state index contributed by atoms with van der Waals surface area (Å²) < 4.78 is 5.40. The molecule has 0 saturated carbocycles. The molecule has 0 heterocycles. The molecule has 0 aromatic heterocycles. The summed E-state index contributed by atoms with van der Waals surface area (Å²) in [6.07, 6.45) is 0. The number of hydrogen-bond donors (Lipinski definition) is 3. The molecule has 0 aliphatic rings. The standard InChI is InChI=1S/C18H20N2O4/c1-11-7-12(2)9-14(8-11)24-10-16(21)19-20-18(23)15-6-4-5-13(3)17(15)22/h4-9,22H,10H2,1-3H3,(H,19,21)(H,20,23). The minimum absolute atomic E-state index is 0.0885. The quantitative estimate of drug-likeness (QED) is 0.751. The third-order valence-electron chi connectivity index (χ3n) is 3.36.